The summed E-state index contributed by atoms with van der Waals surface area (Å²) in [6.45, 7) is 7.09. The first-order valence-electron chi connectivity index (χ1n) is 11.3. The van der Waals surface area contributed by atoms with Crippen LogP contribution in [0.2, 0.25) is 0 Å². The maximum absolute atomic E-state index is 13.4. The highest BCUT2D eigenvalue weighted by Crippen LogP contribution is 2.44. The van der Waals surface area contributed by atoms with E-state index in [0.717, 1.165) is 18.4 Å². The van der Waals surface area contributed by atoms with Crippen LogP contribution >= 0.6 is 0 Å². The second-order valence-electron chi connectivity index (χ2n) is 9.65. The second kappa shape index (κ2) is 7.95. The molecule has 2 aromatic rings. The van der Waals surface area contributed by atoms with E-state index in [2.05, 4.69) is 15.6 Å². The van der Waals surface area contributed by atoms with Gasteiger partial charge in [0.1, 0.15) is 4.90 Å². The number of nitrogens with zero attached hydrogens (tertiary/aromatic N) is 3. The molecule has 1 saturated heterocycles. The van der Waals surface area contributed by atoms with Gasteiger partial charge in [-0.25, -0.2) is 23.2 Å². The number of hydrogen-bond acceptors (Lipinski definition) is 7. The molecule has 0 radical (unpaired) electrons. The molecule has 0 unspecified atom stereocenters. The van der Waals surface area contributed by atoms with Crippen LogP contribution in [0.4, 0.5) is 16.3 Å². The fourth-order valence-corrected chi connectivity index (χ4v) is 6.01. The molecule has 2 aliphatic heterocycles. The molecule has 0 bridgehead atoms. The number of hydrogen-bond donors (Lipinski definition) is 2. The van der Waals surface area contributed by atoms with E-state index in [-0.39, 0.29) is 23.0 Å². The van der Waals surface area contributed by atoms with Crippen molar-refractivity contribution >= 4 is 27.4 Å². The predicted octanol–water partition coefficient (Wildman–Crippen LogP) is 2.76. The third-order valence-corrected chi connectivity index (χ3v) is 9.02. The Kier molecular flexibility index (Phi) is 5.32. The molecule has 2 fully saturated rings. The number of urea groups is 1. The van der Waals surface area contributed by atoms with Gasteiger partial charge in [-0.05, 0) is 57.9 Å². The molecule has 176 valence electrons. The molecule has 0 spiro atoms. The number of aromatic nitrogens is 2. The molecular formula is C23H29N5O4S. The summed E-state index contributed by atoms with van der Waals surface area (Å²) in [4.78, 5) is 23.7. The van der Waals surface area contributed by atoms with E-state index >= 15 is 0 Å². The maximum Gasteiger partial charge on any atom is 0.319 e. The highest BCUT2D eigenvalue weighted by molar-refractivity contribution is 7.93. The van der Waals surface area contributed by atoms with Gasteiger partial charge in [-0.3, -0.25) is 0 Å². The minimum Gasteiger partial charge on any atom is -0.377 e. The fraction of sp³-hybridized carbons (Fsp3) is 0.522. The van der Waals surface area contributed by atoms with Crippen molar-refractivity contribution in [2.75, 3.05) is 30.0 Å². The second-order valence-corrected chi connectivity index (χ2v) is 12.2. The summed E-state index contributed by atoms with van der Waals surface area (Å²) < 4.78 is 31.4. The van der Waals surface area contributed by atoms with Gasteiger partial charge in [-0.15, -0.1) is 0 Å². The lowest BCUT2D eigenvalue weighted by molar-refractivity contribution is 0.0982. The molecule has 3 aliphatic rings. The van der Waals surface area contributed by atoms with Crippen LogP contribution in [0.25, 0.3) is 11.4 Å². The third kappa shape index (κ3) is 4.06. The molecule has 1 atom stereocenters. The monoisotopic (exact) mass is 471 g/mol. The number of benzene rings is 1. The van der Waals surface area contributed by atoms with Crippen molar-refractivity contribution in [1.29, 1.82) is 0 Å². The zero-order valence-corrected chi connectivity index (χ0v) is 19.9. The summed E-state index contributed by atoms with van der Waals surface area (Å²) in [7, 11) is -3.57. The van der Waals surface area contributed by atoms with Crippen LogP contribution in [-0.2, 0) is 21.0 Å². The predicted molar refractivity (Wildman–Crippen MR) is 125 cm³/mol. The van der Waals surface area contributed by atoms with Crippen molar-refractivity contribution in [3.63, 3.8) is 0 Å². The molecule has 5 rings (SSSR count). The van der Waals surface area contributed by atoms with Crippen LogP contribution in [0, 0.1) is 0 Å². The summed E-state index contributed by atoms with van der Waals surface area (Å²) in [5.74, 6) is 0.937. The minimum atomic E-state index is -3.57. The van der Waals surface area contributed by atoms with Crippen LogP contribution in [0.3, 0.4) is 0 Å². The number of sulfone groups is 1. The minimum absolute atomic E-state index is 0.000989. The number of carbonyl (C=O) groups excluding carboxylic acids is 1. The molecule has 2 N–H and O–H groups in total. The Morgan fingerprint density at radius 3 is 2.58 bits per heavy atom. The van der Waals surface area contributed by atoms with Gasteiger partial charge >= 0.3 is 6.03 Å². The maximum atomic E-state index is 13.4. The average Bonchev–Trinajstić information content (AvgIpc) is 3.54. The normalized spacial score (nSPS) is 23.1. The van der Waals surface area contributed by atoms with Crippen LogP contribution in [0.15, 0.2) is 29.2 Å². The number of ether oxygens (including phenoxy) is 1. The zero-order valence-electron chi connectivity index (χ0n) is 19.1. The number of nitrogens with one attached hydrogen (secondary N) is 2. The molecule has 1 aliphatic carbocycles. The van der Waals surface area contributed by atoms with Gasteiger partial charge in [0.25, 0.3) is 0 Å². The van der Waals surface area contributed by atoms with Gasteiger partial charge in [0, 0.05) is 30.3 Å². The first-order chi connectivity index (χ1) is 15.7. The molecule has 2 amide bonds. The van der Waals surface area contributed by atoms with Crippen LogP contribution < -0.4 is 15.5 Å². The van der Waals surface area contributed by atoms with E-state index in [1.54, 1.807) is 26.0 Å². The molecule has 1 saturated carbocycles. The first kappa shape index (κ1) is 22.1. The molecule has 1 aromatic heterocycles. The molecule has 9 nitrogen and oxygen atoms in total. The van der Waals surface area contributed by atoms with Crippen molar-refractivity contribution in [3.8, 4) is 11.4 Å². The van der Waals surface area contributed by atoms with Crippen molar-refractivity contribution in [2.24, 2.45) is 0 Å². The Labute approximate surface area is 193 Å². The van der Waals surface area contributed by atoms with E-state index in [1.807, 2.05) is 24.0 Å². The summed E-state index contributed by atoms with van der Waals surface area (Å²) in [5, 5.41) is 5.72. The smallest absolute Gasteiger partial charge is 0.319 e. The van der Waals surface area contributed by atoms with Crippen LogP contribution in [0.1, 0.15) is 39.3 Å². The lowest BCUT2D eigenvalue weighted by atomic mass is 10.1. The van der Waals surface area contributed by atoms with Crippen LogP contribution in [-0.4, -0.2) is 61.0 Å². The zero-order chi connectivity index (χ0) is 23.4. The summed E-state index contributed by atoms with van der Waals surface area (Å²) in [6, 6.07) is 7.36. The van der Waals surface area contributed by atoms with E-state index in [1.165, 1.54) is 0 Å². The quantitative estimate of drug-likeness (QED) is 0.705. The SMILES string of the molecule is C[C@H]1COCCN1c1nc(-c2ccc(NC(=O)NC3CC3)cc2)nc2c1S(=O)(=O)C(C)(C)C2. The summed E-state index contributed by atoms with van der Waals surface area (Å²) in [6.07, 6.45) is 2.39. The Morgan fingerprint density at radius 1 is 1.18 bits per heavy atom. The lowest BCUT2D eigenvalue weighted by Gasteiger charge is -2.35. The highest BCUT2D eigenvalue weighted by Gasteiger charge is 2.48. The highest BCUT2D eigenvalue weighted by atomic mass is 32.2. The Morgan fingerprint density at radius 2 is 1.91 bits per heavy atom. The van der Waals surface area contributed by atoms with E-state index in [9.17, 15) is 13.2 Å². The van der Waals surface area contributed by atoms with Crippen molar-refractivity contribution in [1.82, 2.24) is 15.3 Å². The number of rotatable bonds is 4. The molecule has 33 heavy (non-hydrogen) atoms. The Hall–Kier alpha value is -2.72. The Balaban J connectivity index is 1.51. The molecule has 10 heteroatoms. The van der Waals surface area contributed by atoms with E-state index in [4.69, 9.17) is 9.72 Å². The van der Waals surface area contributed by atoms with Gasteiger partial charge < -0.3 is 20.3 Å². The van der Waals surface area contributed by atoms with Gasteiger partial charge in [0.2, 0.25) is 0 Å². The van der Waals surface area contributed by atoms with Gasteiger partial charge in [-0.1, -0.05) is 0 Å². The Bertz CT molecular complexity index is 1190. The topological polar surface area (TPSA) is 114 Å². The lowest BCUT2D eigenvalue weighted by Crippen LogP contribution is -2.45. The third-order valence-electron chi connectivity index (χ3n) is 6.46. The number of amides is 2. The fourth-order valence-electron chi connectivity index (χ4n) is 4.30. The summed E-state index contributed by atoms with van der Waals surface area (Å²) in [5.41, 5.74) is 1.99. The van der Waals surface area contributed by atoms with E-state index in [0.29, 0.717) is 49.2 Å². The van der Waals surface area contributed by atoms with Crippen LogP contribution in [0.5, 0.6) is 0 Å². The van der Waals surface area contributed by atoms with Crippen molar-refractivity contribution < 1.29 is 17.9 Å². The van der Waals surface area contributed by atoms with Crippen molar-refractivity contribution in [2.45, 2.75) is 61.8 Å². The molecule has 1 aromatic carbocycles. The van der Waals surface area contributed by atoms with Gasteiger partial charge in [0.05, 0.1) is 29.7 Å². The largest absolute Gasteiger partial charge is 0.377 e. The van der Waals surface area contributed by atoms with Gasteiger partial charge in [-0.2, -0.15) is 0 Å². The van der Waals surface area contributed by atoms with Crippen molar-refractivity contribution in [3.05, 3.63) is 30.0 Å². The van der Waals surface area contributed by atoms with E-state index < -0.39 is 14.6 Å². The average molecular weight is 472 g/mol. The number of morpholine rings is 1. The molecule has 3 heterocycles. The summed E-state index contributed by atoms with van der Waals surface area (Å²) >= 11 is 0. The number of fused-ring (bicyclic) bond motifs is 1. The number of carbonyl (C=O) groups is 1. The molecular weight excluding hydrogens is 442 g/mol. The first-order valence-corrected chi connectivity index (χ1v) is 12.8. The van der Waals surface area contributed by atoms with Gasteiger partial charge in [0.15, 0.2) is 21.5 Å². The standard InChI is InChI=1S/C23H29N5O4S/c1-14-13-32-11-10-28(14)21-19-18(12-23(2,3)33(19,30)31)26-20(27-21)15-4-6-16(7-5-15)24-22(29)25-17-8-9-17/h4-7,14,17H,8-13H2,1-3H3,(H2,24,25,29)/t14-/m0/s1. The number of anilines is 2.